The molecule has 106 valence electrons. The van der Waals surface area contributed by atoms with Gasteiger partial charge in [0.25, 0.3) is 0 Å². The van der Waals surface area contributed by atoms with Crippen LogP contribution in [0.15, 0.2) is 41.6 Å². The topological polar surface area (TPSA) is 66.0 Å². The van der Waals surface area contributed by atoms with Crippen molar-refractivity contribution in [3.63, 3.8) is 0 Å². The molecule has 1 aromatic heterocycles. The van der Waals surface area contributed by atoms with Gasteiger partial charge in [0.05, 0.1) is 6.61 Å². The van der Waals surface area contributed by atoms with Crippen LogP contribution >= 0.6 is 11.8 Å². The number of nitrogens with two attached hydrogens (primary N) is 1. The number of aromatic nitrogens is 3. The molecule has 5 nitrogen and oxygen atoms in total. The molecule has 0 amide bonds. The summed E-state index contributed by atoms with van der Waals surface area (Å²) >= 11 is 1.52. The molecule has 2 N–H and O–H groups in total. The van der Waals surface area contributed by atoms with Crippen LogP contribution in [0.2, 0.25) is 0 Å². The van der Waals surface area contributed by atoms with Gasteiger partial charge in [-0.15, -0.1) is 10.2 Å². The number of rotatable bonds is 6. The number of hydrogen-bond donors (Lipinski definition) is 1. The Balaban J connectivity index is 2.18. The minimum absolute atomic E-state index is 0.636. The maximum Gasteiger partial charge on any atom is 0.210 e. The first-order chi connectivity index (χ1) is 9.61. The zero-order valence-electron chi connectivity index (χ0n) is 11.7. The van der Waals surface area contributed by atoms with Crippen LogP contribution in [0, 0.1) is 0 Å². The fourth-order valence-corrected chi connectivity index (χ4v) is 2.33. The van der Waals surface area contributed by atoms with Gasteiger partial charge in [0, 0.05) is 11.3 Å². The second-order valence-electron chi connectivity index (χ2n) is 4.38. The van der Waals surface area contributed by atoms with Crippen LogP contribution in [0.4, 0.5) is 0 Å². The number of thioether (sulfide) groups is 1. The summed E-state index contributed by atoms with van der Waals surface area (Å²) in [5.74, 6) is 8.27. The number of hydrogen-bond acceptors (Lipinski definition) is 5. The summed E-state index contributed by atoms with van der Waals surface area (Å²) in [7, 11) is 0. The maximum atomic E-state index is 6.03. The third kappa shape index (κ3) is 3.33. The summed E-state index contributed by atoms with van der Waals surface area (Å²) in [4.78, 5) is 0. The highest BCUT2D eigenvalue weighted by Gasteiger charge is 2.12. The highest BCUT2D eigenvalue weighted by Crippen LogP contribution is 2.24. The molecule has 0 saturated carbocycles. The summed E-state index contributed by atoms with van der Waals surface area (Å²) in [6.45, 7) is 8.43. The Morgan fingerprint density at radius 1 is 1.35 bits per heavy atom. The molecule has 0 unspecified atom stereocenters. The lowest BCUT2D eigenvalue weighted by Gasteiger charge is -2.05. The van der Waals surface area contributed by atoms with E-state index in [2.05, 4.69) is 16.8 Å². The lowest BCUT2D eigenvalue weighted by atomic mass is 10.2. The predicted molar refractivity (Wildman–Crippen MR) is 82.3 cm³/mol. The van der Waals surface area contributed by atoms with E-state index in [1.165, 1.54) is 16.4 Å². The molecular formula is C14H18N4OS. The molecule has 6 heteroatoms. The van der Waals surface area contributed by atoms with Gasteiger partial charge in [0.15, 0.2) is 5.82 Å². The molecule has 1 heterocycles. The van der Waals surface area contributed by atoms with Crippen molar-refractivity contribution in [3.05, 3.63) is 36.4 Å². The fourth-order valence-electron chi connectivity index (χ4n) is 1.63. The molecular weight excluding hydrogens is 272 g/mol. The first kappa shape index (κ1) is 14.5. The standard InChI is InChI=1S/C14H18N4OS/c1-4-19-12-7-5-11(6-8-12)13-16-17-14(18(13)15)20-9-10(2)3/h5-8H,2,4,9,15H2,1,3H3. The van der Waals surface area contributed by atoms with Gasteiger partial charge in [-0.25, -0.2) is 4.68 Å². The number of nitrogens with zero attached hydrogens (tertiary/aromatic N) is 3. The molecule has 0 fully saturated rings. The Kier molecular flexibility index (Phi) is 4.68. The van der Waals surface area contributed by atoms with Crippen molar-refractivity contribution in [1.82, 2.24) is 14.9 Å². The first-order valence-electron chi connectivity index (χ1n) is 6.32. The van der Waals surface area contributed by atoms with E-state index in [0.29, 0.717) is 17.6 Å². The summed E-state index contributed by atoms with van der Waals surface area (Å²) < 4.78 is 6.91. The van der Waals surface area contributed by atoms with Crippen molar-refractivity contribution >= 4 is 11.8 Å². The second-order valence-corrected chi connectivity index (χ2v) is 5.32. The third-order valence-electron chi connectivity index (χ3n) is 2.54. The number of benzene rings is 1. The minimum atomic E-state index is 0.636. The van der Waals surface area contributed by atoms with Crippen LogP contribution in [0.1, 0.15) is 13.8 Å². The summed E-state index contributed by atoms with van der Waals surface area (Å²) in [6.07, 6.45) is 0. The molecule has 0 atom stereocenters. The Morgan fingerprint density at radius 3 is 2.65 bits per heavy atom. The second kappa shape index (κ2) is 6.47. The van der Waals surface area contributed by atoms with Gasteiger partial charge in [-0.2, -0.15) is 0 Å². The highest BCUT2D eigenvalue weighted by molar-refractivity contribution is 7.99. The molecule has 0 aliphatic heterocycles. The first-order valence-corrected chi connectivity index (χ1v) is 7.31. The number of ether oxygens (including phenoxy) is 1. The van der Waals surface area contributed by atoms with Crippen LogP contribution in [-0.2, 0) is 0 Å². The monoisotopic (exact) mass is 290 g/mol. The van der Waals surface area contributed by atoms with E-state index in [9.17, 15) is 0 Å². The number of nitrogen functional groups attached to an aromatic ring is 1. The van der Waals surface area contributed by atoms with Gasteiger partial charge >= 0.3 is 0 Å². The summed E-state index contributed by atoms with van der Waals surface area (Å²) in [5, 5.41) is 8.92. The van der Waals surface area contributed by atoms with Crippen molar-refractivity contribution in [2.24, 2.45) is 0 Å². The normalized spacial score (nSPS) is 10.5. The Labute approximate surface area is 122 Å². The van der Waals surface area contributed by atoms with Crippen molar-refractivity contribution in [2.75, 3.05) is 18.2 Å². The molecule has 0 aliphatic carbocycles. The molecule has 20 heavy (non-hydrogen) atoms. The molecule has 2 rings (SSSR count). The average molecular weight is 290 g/mol. The van der Waals surface area contributed by atoms with Gasteiger partial charge in [-0.05, 0) is 38.1 Å². The van der Waals surface area contributed by atoms with Gasteiger partial charge < -0.3 is 10.6 Å². The van der Waals surface area contributed by atoms with Crippen LogP contribution in [0.25, 0.3) is 11.4 Å². The molecule has 1 aromatic carbocycles. The van der Waals surface area contributed by atoms with Crippen LogP contribution in [0.3, 0.4) is 0 Å². The van der Waals surface area contributed by atoms with Crippen molar-refractivity contribution in [2.45, 2.75) is 19.0 Å². The highest BCUT2D eigenvalue weighted by atomic mass is 32.2. The van der Waals surface area contributed by atoms with Gasteiger partial charge in [0.2, 0.25) is 5.16 Å². The maximum absolute atomic E-state index is 6.03. The Bertz CT molecular complexity index is 592. The average Bonchev–Trinajstić information content (AvgIpc) is 2.79. The quantitative estimate of drug-likeness (QED) is 0.503. The summed E-state index contributed by atoms with van der Waals surface area (Å²) in [6, 6.07) is 7.64. The van der Waals surface area contributed by atoms with E-state index in [4.69, 9.17) is 10.6 Å². The summed E-state index contributed by atoms with van der Waals surface area (Å²) in [5.41, 5.74) is 1.98. The third-order valence-corrected chi connectivity index (χ3v) is 3.71. The minimum Gasteiger partial charge on any atom is -0.494 e. The van der Waals surface area contributed by atoms with Crippen molar-refractivity contribution < 1.29 is 4.74 Å². The SMILES string of the molecule is C=C(C)CSc1nnc(-c2ccc(OCC)cc2)n1N. The Hall–Kier alpha value is -1.95. The van der Waals surface area contributed by atoms with Gasteiger partial charge in [0.1, 0.15) is 5.75 Å². The smallest absolute Gasteiger partial charge is 0.210 e. The van der Waals surface area contributed by atoms with E-state index in [0.717, 1.165) is 22.6 Å². The van der Waals surface area contributed by atoms with E-state index in [1.54, 1.807) is 0 Å². The predicted octanol–water partition coefficient (Wildman–Crippen LogP) is 2.73. The van der Waals surface area contributed by atoms with E-state index in [1.807, 2.05) is 38.1 Å². The van der Waals surface area contributed by atoms with Crippen LogP contribution in [0.5, 0.6) is 5.75 Å². The van der Waals surface area contributed by atoms with E-state index >= 15 is 0 Å². The van der Waals surface area contributed by atoms with Gasteiger partial charge in [-0.1, -0.05) is 23.9 Å². The van der Waals surface area contributed by atoms with Crippen LogP contribution in [-0.4, -0.2) is 27.2 Å². The molecule has 0 radical (unpaired) electrons. The van der Waals surface area contributed by atoms with E-state index in [-0.39, 0.29) is 0 Å². The molecule has 0 saturated heterocycles. The van der Waals surface area contributed by atoms with Crippen LogP contribution < -0.4 is 10.6 Å². The lowest BCUT2D eigenvalue weighted by Crippen LogP contribution is -2.11. The van der Waals surface area contributed by atoms with Gasteiger partial charge in [-0.3, -0.25) is 0 Å². The largest absolute Gasteiger partial charge is 0.494 e. The van der Waals surface area contributed by atoms with Crippen molar-refractivity contribution in [1.29, 1.82) is 0 Å². The van der Waals surface area contributed by atoms with Crippen molar-refractivity contribution in [3.8, 4) is 17.1 Å². The molecule has 0 aliphatic rings. The lowest BCUT2D eigenvalue weighted by molar-refractivity contribution is 0.340. The fraction of sp³-hybridized carbons (Fsp3) is 0.286. The zero-order chi connectivity index (χ0) is 14.5. The molecule has 0 spiro atoms. The molecule has 2 aromatic rings. The molecule has 0 bridgehead atoms. The Morgan fingerprint density at radius 2 is 2.05 bits per heavy atom. The van der Waals surface area contributed by atoms with E-state index < -0.39 is 0 Å². The zero-order valence-corrected chi connectivity index (χ0v) is 12.5.